The smallest absolute Gasteiger partial charge is 0.285 e. The molecule has 0 atom stereocenters. The van der Waals surface area contributed by atoms with Crippen LogP contribution in [0.25, 0.3) is 0 Å². The minimum absolute atomic E-state index is 0.190. The van der Waals surface area contributed by atoms with Crippen LogP contribution in [0.2, 0.25) is 0 Å². The Bertz CT molecular complexity index is 1310. The molecule has 5 rings (SSSR count). The summed E-state index contributed by atoms with van der Waals surface area (Å²) in [5.41, 5.74) is 3.60. The molecule has 3 aromatic carbocycles. The summed E-state index contributed by atoms with van der Waals surface area (Å²) in [6, 6.07) is 21.5. The predicted molar refractivity (Wildman–Crippen MR) is 131 cm³/mol. The lowest BCUT2D eigenvalue weighted by atomic mass is 10.1. The first-order valence-corrected chi connectivity index (χ1v) is 12.4. The topological polar surface area (TPSA) is 90.9 Å². The van der Waals surface area contributed by atoms with Crippen LogP contribution in [0.5, 0.6) is 0 Å². The third-order valence-corrected chi connectivity index (χ3v) is 7.22. The third kappa shape index (κ3) is 4.47. The van der Waals surface area contributed by atoms with E-state index >= 15 is 0 Å². The molecule has 0 radical (unpaired) electrons. The molecule has 33 heavy (non-hydrogen) atoms. The highest BCUT2D eigenvalue weighted by Crippen LogP contribution is 2.27. The molecular formula is C25H24N4O3S. The lowest BCUT2D eigenvalue weighted by molar-refractivity contribution is 0.102. The standard InChI is InChI=1S/C25H24N4O3S/c30-25(27-20-12-14-21(15-13-20)29-16-4-1-5-17-29)18-8-10-19(11-9-18)26-24-22-6-2-3-7-23(22)33(31,32)28-24/h2-3,6-15H,1,4-5,16-17H2,(H,26,28)(H,27,30). The second-order valence-corrected chi connectivity index (χ2v) is 9.73. The maximum Gasteiger partial charge on any atom is 0.285 e. The second-order valence-electron chi connectivity index (χ2n) is 8.16. The first-order chi connectivity index (χ1) is 16.0. The molecule has 2 aliphatic rings. The molecule has 0 saturated carbocycles. The van der Waals surface area contributed by atoms with E-state index in [2.05, 4.69) is 19.9 Å². The lowest BCUT2D eigenvalue weighted by Gasteiger charge is -2.28. The van der Waals surface area contributed by atoms with Gasteiger partial charge in [0.1, 0.15) is 4.90 Å². The van der Waals surface area contributed by atoms with Crippen molar-refractivity contribution in [1.82, 2.24) is 0 Å². The van der Waals surface area contributed by atoms with Crippen LogP contribution < -0.4 is 15.5 Å². The van der Waals surface area contributed by atoms with E-state index in [1.54, 1.807) is 42.5 Å². The molecule has 0 aromatic heterocycles. The van der Waals surface area contributed by atoms with Crippen molar-refractivity contribution in [3.8, 4) is 0 Å². The fourth-order valence-electron chi connectivity index (χ4n) is 4.15. The molecule has 2 N–H and O–H groups in total. The number of fused-ring (bicyclic) bond motifs is 1. The maximum absolute atomic E-state index is 12.7. The average Bonchev–Trinajstić information content (AvgIpc) is 3.10. The molecule has 0 unspecified atom stereocenters. The van der Waals surface area contributed by atoms with E-state index in [1.165, 1.54) is 31.0 Å². The van der Waals surface area contributed by atoms with Gasteiger partial charge in [-0.3, -0.25) is 4.79 Å². The first-order valence-electron chi connectivity index (χ1n) is 11.0. The molecule has 0 spiro atoms. The Morgan fingerprint density at radius 2 is 1.48 bits per heavy atom. The molecule has 1 amide bonds. The van der Waals surface area contributed by atoms with E-state index in [-0.39, 0.29) is 16.6 Å². The van der Waals surface area contributed by atoms with E-state index in [4.69, 9.17) is 0 Å². The Kier molecular flexibility index (Phi) is 5.60. The fraction of sp³-hybridized carbons (Fsp3) is 0.200. The Morgan fingerprint density at radius 1 is 0.818 bits per heavy atom. The van der Waals surface area contributed by atoms with Crippen molar-refractivity contribution in [3.05, 3.63) is 83.9 Å². The Labute approximate surface area is 193 Å². The summed E-state index contributed by atoms with van der Waals surface area (Å²) in [6.45, 7) is 2.16. The molecule has 2 aliphatic heterocycles. The van der Waals surface area contributed by atoms with Crippen LogP contribution in [-0.2, 0) is 10.0 Å². The van der Waals surface area contributed by atoms with E-state index in [0.29, 0.717) is 16.8 Å². The van der Waals surface area contributed by atoms with Crippen molar-refractivity contribution in [2.24, 2.45) is 4.40 Å². The summed E-state index contributed by atoms with van der Waals surface area (Å²) in [6.07, 6.45) is 3.73. The van der Waals surface area contributed by atoms with Crippen molar-refractivity contribution in [1.29, 1.82) is 0 Å². The highest BCUT2D eigenvalue weighted by molar-refractivity contribution is 7.90. The van der Waals surface area contributed by atoms with Crippen molar-refractivity contribution >= 4 is 38.8 Å². The fourth-order valence-corrected chi connectivity index (χ4v) is 5.32. The normalized spacial score (nSPS) is 16.6. The van der Waals surface area contributed by atoms with E-state index in [9.17, 15) is 13.2 Å². The number of hydrogen-bond acceptors (Lipinski definition) is 5. The summed E-state index contributed by atoms with van der Waals surface area (Å²) < 4.78 is 28.2. The highest BCUT2D eigenvalue weighted by Gasteiger charge is 2.28. The molecule has 8 heteroatoms. The molecule has 7 nitrogen and oxygen atoms in total. The van der Waals surface area contributed by atoms with Gasteiger partial charge in [0.15, 0.2) is 5.84 Å². The van der Waals surface area contributed by atoms with Gasteiger partial charge in [0, 0.05) is 41.3 Å². The number of amides is 1. The first kappa shape index (κ1) is 21.2. The van der Waals surface area contributed by atoms with Crippen molar-refractivity contribution < 1.29 is 13.2 Å². The number of amidine groups is 1. The molecule has 0 aliphatic carbocycles. The number of anilines is 3. The molecule has 168 valence electrons. The molecule has 0 bridgehead atoms. The Balaban J connectivity index is 1.24. The number of piperidine rings is 1. The van der Waals surface area contributed by atoms with Crippen LogP contribution in [0.4, 0.5) is 17.1 Å². The van der Waals surface area contributed by atoms with Gasteiger partial charge < -0.3 is 15.5 Å². The van der Waals surface area contributed by atoms with Gasteiger partial charge in [-0.15, -0.1) is 4.40 Å². The largest absolute Gasteiger partial charge is 0.372 e. The van der Waals surface area contributed by atoms with Gasteiger partial charge in [-0.25, -0.2) is 0 Å². The monoisotopic (exact) mass is 460 g/mol. The van der Waals surface area contributed by atoms with Crippen LogP contribution >= 0.6 is 0 Å². The number of nitrogens with zero attached hydrogens (tertiary/aromatic N) is 2. The predicted octanol–water partition coefficient (Wildman–Crippen LogP) is 4.49. The van der Waals surface area contributed by atoms with Gasteiger partial charge >= 0.3 is 0 Å². The zero-order valence-electron chi connectivity index (χ0n) is 18.0. The van der Waals surface area contributed by atoms with Gasteiger partial charge in [-0.05, 0) is 79.9 Å². The zero-order chi connectivity index (χ0) is 22.8. The van der Waals surface area contributed by atoms with Crippen LogP contribution in [0.3, 0.4) is 0 Å². The molecule has 1 fully saturated rings. The van der Waals surface area contributed by atoms with Crippen LogP contribution in [0.1, 0.15) is 35.2 Å². The molecular weight excluding hydrogens is 436 g/mol. The van der Waals surface area contributed by atoms with E-state index in [1.807, 2.05) is 24.3 Å². The van der Waals surface area contributed by atoms with Crippen molar-refractivity contribution in [2.45, 2.75) is 24.2 Å². The number of benzene rings is 3. The zero-order valence-corrected chi connectivity index (χ0v) is 18.8. The summed E-state index contributed by atoms with van der Waals surface area (Å²) >= 11 is 0. The minimum Gasteiger partial charge on any atom is -0.372 e. The second kappa shape index (κ2) is 8.71. The van der Waals surface area contributed by atoms with E-state index in [0.717, 1.165) is 18.8 Å². The summed E-state index contributed by atoms with van der Waals surface area (Å²) in [7, 11) is -3.68. The quantitative estimate of drug-likeness (QED) is 0.599. The van der Waals surface area contributed by atoms with Gasteiger partial charge in [-0.1, -0.05) is 12.1 Å². The number of carbonyl (C=O) groups is 1. The minimum atomic E-state index is -3.68. The molecule has 3 aromatic rings. The van der Waals surface area contributed by atoms with Crippen LogP contribution in [-0.4, -0.2) is 33.3 Å². The molecule has 1 saturated heterocycles. The Morgan fingerprint density at radius 3 is 2.21 bits per heavy atom. The third-order valence-electron chi connectivity index (χ3n) is 5.89. The van der Waals surface area contributed by atoms with Crippen molar-refractivity contribution in [3.63, 3.8) is 0 Å². The van der Waals surface area contributed by atoms with Crippen LogP contribution in [0, 0.1) is 0 Å². The summed E-state index contributed by atoms with van der Waals surface area (Å²) in [5.74, 6) is 0.0648. The number of sulfonamides is 1. The maximum atomic E-state index is 12.7. The average molecular weight is 461 g/mol. The van der Waals surface area contributed by atoms with Crippen molar-refractivity contribution in [2.75, 3.05) is 28.6 Å². The Hall–Kier alpha value is -3.65. The summed E-state index contributed by atoms with van der Waals surface area (Å²) in [4.78, 5) is 15.2. The number of rotatable bonds is 4. The van der Waals surface area contributed by atoms with E-state index < -0.39 is 10.0 Å². The highest BCUT2D eigenvalue weighted by atomic mass is 32.2. The van der Waals surface area contributed by atoms with Gasteiger partial charge in [-0.2, -0.15) is 8.42 Å². The van der Waals surface area contributed by atoms with Gasteiger partial charge in [0.25, 0.3) is 15.9 Å². The number of hydrogen-bond donors (Lipinski definition) is 2. The van der Waals surface area contributed by atoms with Gasteiger partial charge in [0.05, 0.1) is 0 Å². The summed E-state index contributed by atoms with van der Waals surface area (Å²) in [5, 5.41) is 5.96. The van der Waals surface area contributed by atoms with Crippen LogP contribution in [0.15, 0.2) is 82.1 Å². The number of nitrogens with one attached hydrogen (secondary N) is 2. The van der Waals surface area contributed by atoms with Gasteiger partial charge in [0.2, 0.25) is 0 Å². The number of carbonyl (C=O) groups excluding carboxylic acids is 1. The molecule has 2 heterocycles. The SMILES string of the molecule is O=C(Nc1ccc(N2CCCCC2)cc1)c1ccc(NC2=NS(=O)(=O)c3ccccc32)cc1. The lowest BCUT2D eigenvalue weighted by Crippen LogP contribution is -2.29.